The number of anilines is 1. The monoisotopic (exact) mass is 339 g/mol. The Balaban J connectivity index is 1.79. The van der Waals surface area contributed by atoms with Gasteiger partial charge in [-0.3, -0.25) is 4.79 Å². The van der Waals surface area contributed by atoms with Crippen LogP contribution in [-0.2, 0) is 0 Å². The Bertz CT molecular complexity index is 947. The number of benzene rings is 1. The number of thiophene rings is 1. The molecule has 4 rings (SSSR count). The lowest BCUT2D eigenvalue weighted by atomic mass is 10.00. The van der Waals surface area contributed by atoms with Crippen molar-refractivity contribution in [1.82, 2.24) is 9.88 Å². The molecular formula is C19H21N3OS. The van der Waals surface area contributed by atoms with Crippen molar-refractivity contribution in [2.75, 3.05) is 18.8 Å². The highest BCUT2D eigenvalue weighted by atomic mass is 32.1. The fourth-order valence-corrected chi connectivity index (χ4v) is 4.53. The number of rotatable bonds is 1. The van der Waals surface area contributed by atoms with Crippen LogP contribution in [-0.4, -0.2) is 28.9 Å². The van der Waals surface area contributed by atoms with E-state index in [1.165, 1.54) is 23.3 Å². The molecule has 24 heavy (non-hydrogen) atoms. The summed E-state index contributed by atoms with van der Waals surface area (Å²) in [6.07, 6.45) is 2.26. The predicted octanol–water partition coefficient (Wildman–Crippen LogP) is 4.21. The Morgan fingerprint density at radius 2 is 2.21 bits per heavy atom. The number of pyridine rings is 1. The molecule has 1 aliphatic heterocycles. The Morgan fingerprint density at radius 1 is 1.38 bits per heavy atom. The quantitative estimate of drug-likeness (QED) is 0.722. The van der Waals surface area contributed by atoms with Crippen molar-refractivity contribution in [3.63, 3.8) is 0 Å². The zero-order valence-electron chi connectivity index (χ0n) is 14.0. The number of piperidine rings is 1. The average Bonchev–Trinajstić information content (AvgIpc) is 2.88. The molecule has 3 aromatic rings. The molecule has 1 aliphatic rings. The molecular weight excluding hydrogens is 318 g/mol. The van der Waals surface area contributed by atoms with Gasteiger partial charge in [0.15, 0.2) is 0 Å². The van der Waals surface area contributed by atoms with Gasteiger partial charge >= 0.3 is 0 Å². The minimum absolute atomic E-state index is 0.0577. The summed E-state index contributed by atoms with van der Waals surface area (Å²) in [6.45, 7) is 5.90. The zero-order chi connectivity index (χ0) is 16.8. The number of nitrogen functional groups attached to an aromatic ring is 1. The summed E-state index contributed by atoms with van der Waals surface area (Å²) in [4.78, 5) is 21.1. The second-order valence-corrected chi connectivity index (χ2v) is 7.88. The van der Waals surface area contributed by atoms with Crippen molar-refractivity contribution in [3.8, 4) is 0 Å². The zero-order valence-corrected chi connectivity index (χ0v) is 14.8. The molecule has 1 unspecified atom stereocenters. The number of hydrogen-bond acceptors (Lipinski definition) is 4. The van der Waals surface area contributed by atoms with Crippen molar-refractivity contribution in [1.29, 1.82) is 0 Å². The van der Waals surface area contributed by atoms with Crippen LogP contribution in [0.2, 0.25) is 0 Å². The molecule has 3 heterocycles. The Morgan fingerprint density at radius 3 is 3.00 bits per heavy atom. The largest absolute Gasteiger partial charge is 0.397 e. The molecule has 1 amide bonds. The SMILES string of the molecule is Cc1ccc2cc3c(N)c(C(=O)N4CCCC(C)C4)sc3nc2c1. The van der Waals surface area contributed by atoms with E-state index in [1.807, 2.05) is 4.90 Å². The van der Waals surface area contributed by atoms with Crippen LogP contribution in [0.15, 0.2) is 24.3 Å². The van der Waals surface area contributed by atoms with Crippen LogP contribution >= 0.6 is 11.3 Å². The van der Waals surface area contributed by atoms with Gasteiger partial charge in [-0.2, -0.15) is 0 Å². The summed E-state index contributed by atoms with van der Waals surface area (Å²) in [5, 5.41) is 1.95. The minimum atomic E-state index is 0.0577. The second-order valence-electron chi connectivity index (χ2n) is 6.88. The van der Waals surface area contributed by atoms with E-state index in [9.17, 15) is 4.79 Å². The number of likely N-dealkylation sites (tertiary alicyclic amines) is 1. The number of nitrogens with zero attached hydrogens (tertiary/aromatic N) is 2. The summed E-state index contributed by atoms with van der Waals surface area (Å²) < 4.78 is 0. The molecule has 0 aliphatic carbocycles. The van der Waals surface area contributed by atoms with E-state index in [0.717, 1.165) is 40.6 Å². The van der Waals surface area contributed by atoms with Crippen molar-refractivity contribution in [2.24, 2.45) is 5.92 Å². The number of amides is 1. The maximum absolute atomic E-state index is 12.9. The van der Waals surface area contributed by atoms with E-state index < -0.39 is 0 Å². The molecule has 1 saturated heterocycles. The van der Waals surface area contributed by atoms with Gasteiger partial charge in [0.05, 0.1) is 11.2 Å². The summed E-state index contributed by atoms with van der Waals surface area (Å²) >= 11 is 1.42. The number of carbonyl (C=O) groups is 1. The van der Waals surface area contributed by atoms with Crippen LogP contribution in [0.1, 0.15) is 35.0 Å². The first kappa shape index (κ1) is 15.4. The molecule has 5 heteroatoms. The third-order valence-corrected chi connectivity index (χ3v) is 5.91. The molecule has 2 N–H and O–H groups in total. The lowest BCUT2D eigenvalue weighted by Gasteiger charge is -2.30. The highest BCUT2D eigenvalue weighted by Gasteiger charge is 2.26. The van der Waals surface area contributed by atoms with Crippen LogP contribution in [0.5, 0.6) is 0 Å². The number of carbonyl (C=O) groups excluding carboxylic acids is 1. The van der Waals surface area contributed by atoms with Crippen molar-refractivity contribution in [3.05, 3.63) is 34.7 Å². The van der Waals surface area contributed by atoms with Gasteiger partial charge in [0.25, 0.3) is 5.91 Å². The first-order chi connectivity index (χ1) is 11.5. The van der Waals surface area contributed by atoms with Crippen LogP contribution < -0.4 is 5.73 Å². The van der Waals surface area contributed by atoms with Gasteiger partial charge < -0.3 is 10.6 Å². The molecule has 0 saturated carbocycles. The fraction of sp³-hybridized carbons (Fsp3) is 0.368. The maximum Gasteiger partial charge on any atom is 0.266 e. The van der Waals surface area contributed by atoms with Crippen LogP contribution in [0.4, 0.5) is 5.69 Å². The molecule has 1 aromatic carbocycles. The van der Waals surface area contributed by atoms with Gasteiger partial charge in [0.1, 0.15) is 9.71 Å². The lowest BCUT2D eigenvalue weighted by Crippen LogP contribution is -2.38. The predicted molar refractivity (Wildman–Crippen MR) is 101 cm³/mol. The Labute approximate surface area is 145 Å². The van der Waals surface area contributed by atoms with E-state index in [1.54, 1.807) is 0 Å². The summed E-state index contributed by atoms with van der Waals surface area (Å²) in [7, 11) is 0. The first-order valence-electron chi connectivity index (χ1n) is 8.41. The third kappa shape index (κ3) is 2.53. The Hall–Kier alpha value is -2.14. The number of aryl methyl sites for hydroxylation is 1. The molecule has 2 aromatic heterocycles. The van der Waals surface area contributed by atoms with Gasteiger partial charge in [0, 0.05) is 23.9 Å². The number of hydrogen-bond donors (Lipinski definition) is 1. The summed E-state index contributed by atoms with van der Waals surface area (Å²) in [6, 6.07) is 8.25. The molecule has 1 atom stereocenters. The molecule has 0 spiro atoms. The molecule has 0 bridgehead atoms. The second kappa shape index (κ2) is 5.74. The van der Waals surface area contributed by atoms with Crippen molar-refractivity contribution in [2.45, 2.75) is 26.7 Å². The van der Waals surface area contributed by atoms with Crippen molar-refractivity contribution < 1.29 is 4.79 Å². The third-order valence-electron chi connectivity index (χ3n) is 4.81. The van der Waals surface area contributed by atoms with Crippen LogP contribution in [0, 0.1) is 12.8 Å². The van der Waals surface area contributed by atoms with E-state index in [0.29, 0.717) is 16.5 Å². The number of nitrogens with two attached hydrogens (primary N) is 1. The van der Waals surface area contributed by atoms with E-state index >= 15 is 0 Å². The van der Waals surface area contributed by atoms with Gasteiger partial charge in [-0.25, -0.2) is 4.98 Å². The van der Waals surface area contributed by atoms with Gasteiger partial charge in [-0.15, -0.1) is 11.3 Å². The number of aromatic nitrogens is 1. The minimum Gasteiger partial charge on any atom is -0.397 e. The van der Waals surface area contributed by atoms with Crippen LogP contribution in [0.25, 0.3) is 21.1 Å². The molecule has 4 nitrogen and oxygen atoms in total. The maximum atomic E-state index is 12.9. The van der Waals surface area contributed by atoms with E-state index in [4.69, 9.17) is 10.7 Å². The molecule has 124 valence electrons. The lowest BCUT2D eigenvalue weighted by molar-refractivity contribution is 0.0689. The molecule has 0 radical (unpaired) electrons. The summed E-state index contributed by atoms with van der Waals surface area (Å²) in [5.41, 5.74) is 9.03. The normalized spacial score (nSPS) is 18.4. The number of fused-ring (bicyclic) bond motifs is 2. The van der Waals surface area contributed by atoms with Crippen molar-refractivity contribution >= 4 is 44.1 Å². The highest BCUT2D eigenvalue weighted by molar-refractivity contribution is 7.21. The smallest absolute Gasteiger partial charge is 0.266 e. The Kier molecular flexibility index (Phi) is 3.68. The van der Waals surface area contributed by atoms with E-state index in [-0.39, 0.29) is 5.91 Å². The standard InChI is InChI=1S/C19H21N3OS/c1-11-5-6-13-9-14-16(20)17(24-18(14)21-15(13)8-11)19(23)22-7-3-4-12(2)10-22/h5-6,8-9,12H,3-4,7,10,20H2,1-2H3. The molecule has 1 fully saturated rings. The summed E-state index contributed by atoms with van der Waals surface area (Å²) in [5.74, 6) is 0.615. The average molecular weight is 339 g/mol. The van der Waals surface area contributed by atoms with Gasteiger partial charge in [-0.1, -0.05) is 19.1 Å². The topological polar surface area (TPSA) is 59.2 Å². The van der Waals surface area contributed by atoms with Gasteiger partial charge in [-0.05, 0) is 43.4 Å². The van der Waals surface area contributed by atoms with E-state index in [2.05, 4.69) is 38.1 Å². The van der Waals surface area contributed by atoms with Crippen LogP contribution in [0.3, 0.4) is 0 Å². The highest BCUT2D eigenvalue weighted by Crippen LogP contribution is 2.36. The fourth-order valence-electron chi connectivity index (χ4n) is 3.48. The van der Waals surface area contributed by atoms with Gasteiger partial charge in [0.2, 0.25) is 0 Å². The first-order valence-corrected chi connectivity index (χ1v) is 9.23.